The molecule has 1 aliphatic rings. The molecule has 2 rings (SSSR count). The first-order chi connectivity index (χ1) is 7.08. The molecule has 1 aliphatic carbocycles. The SMILES string of the molecule is O=C(Nc1cc(F)c(F)c(F)c1)C1CC1. The molecular weight excluding hydrogens is 207 g/mol. The molecule has 1 aromatic carbocycles. The summed E-state index contributed by atoms with van der Waals surface area (Å²) in [6, 6.07) is 1.53. The van der Waals surface area contributed by atoms with Crippen LogP contribution >= 0.6 is 0 Å². The highest BCUT2D eigenvalue weighted by Gasteiger charge is 2.29. The number of amides is 1. The molecule has 0 heterocycles. The molecule has 1 N–H and O–H groups in total. The van der Waals surface area contributed by atoms with Gasteiger partial charge < -0.3 is 5.32 Å². The zero-order chi connectivity index (χ0) is 11.0. The van der Waals surface area contributed by atoms with E-state index in [1.807, 2.05) is 0 Å². The zero-order valence-electron chi connectivity index (χ0n) is 7.69. The van der Waals surface area contributed by atoms with Crippen molar-refractivity contribution in [1.29, 1.82) is 0 Å². The van der Waals surface area contributed by atoms with Crippen molar-refractivity contribution in [2.75, 3.05) is 5.32 Å². The van der Waals surface area contributed by atoms with E-state index in [4.69, 9.17) is 0 Å². The third kappa shape index (κ3) is 2.11. The number of nitrogens with one attached hydrogen (secondary N) is 1. The highest BCUT2D eigenvalue weighted by atomic mass is 19.2. The highest BCUT2D eigenvalue weighted by molar-refractivity contribution is 5.93. The molecule has 15 heavy (non-hydrogen) atoms. The summed E-state index contributed by atoms with van der Waals surface area (Å²) in [7, 11) is 0. The maximum absolute atomic E-state index is 12.7. The Labute approximate surface area is 84.1 Å². The fourth-order valence-corrected chi connectivity index (χ4v) is 1.22. The van der Waals surface area contributed by atoms with Crippen LogP contribution in [0.15, 0.2) is 12.1 Å². The Morgan fingerprint density at radius 1 is 1.20 bits per heavy atom. The quantitative estimate of drug-likeness (QED) is 0.754. The molecule has 5 heteroatoms. The number of anilines is 1. The Morgan fingerprint density at radius 3 is 2.20 bits per heavy atom. The fourth-order valence-electron chi connectivity index (χ4n) is 1.22. The van der Waals surface area contributed by atoms with Gasteiger partial charge in [-0.05, 0) is 12.8 Å². The van der Waals surface area contributed by atoms with E-state index in [0.717, 1.165) is 25.0 Å². The van der Waals surface area contributed by atoms with Crippen molar-refractivity contribution in [3.8, 4) is 0 Å². The Balaban J connectivity index is 2.17. The van der Waals surface area contributed by atoms with Gasteiger partial charge in [0.25, 0.3) is 0 Å². The van der Waals surface area contributed by atoms with E-state index in [-0.39, 0.29) is 17.5 Å². The first-order valence-electron chi connectivity index (χ1n) is 4.53. The van der Waals surface area contributed by atoms with E-state index in [1.54, 1.807) is 0 Å². The summed E-state index contributed by atoms with van der Waals surface area (Å²) in [6.07, 6.45) is 1.58. The second-order valence-electron chi connectivity index (χ2n) is 3.52. The molecule has 0 aromatic heterocycles. The monoisotopic (exact) mass is 215 g/mol. The summed E-state index contributed by atoms with van der Waals surface area (Å²) in [4.78, 5) is 11.2. The minimum Gasteiger partial charge on any atom is -0.326 e. The van der Waals surface area contributed by atoms with Gasteiger partial charge in [-0.1, -0.05) is 0 Å². The van der Waals surface area contributed by atoms with E-state index in [2.05, 4.69) is 5.32 Å². The third-order valence-electron chi connectivity index (χ3n) is 2.20. The van der Waals surface area contributed by atoms with Crippen LogP contribution in [0.5, 0.6) is 0 Å². The number of hydrogen-bond donors (Lipinski definition) is 1. The van der Waals surface area contributed by atoms with Gasteiger partial charge in [-0.2, -0.15) is 0 Å². The zero-order valence-corrected chi connectivity index (χ0v) is 7.69. The fraction of sp³-hybridized carbons (Fsp3) is 0.300. The van der Waals surface area contributed by atoms with E-state index < -0.39 is 17.5 Å². The lowest BCUT2D eigenvalue weighted by Gasteiger charge is -2.04. The van der Waals surface area contributed by atoms with Crippen LogP contribution < -0.4 is 5.32 Å². The molecule has 0 radical (unpaired) electrons. The molecule has 0 aliphatic heterocycles. The van der Waals surface area contributed by atoms with Crippen molar-refractivity contribution in [2.45, 2.75) is 12.8 Å². The minimum absolute atomic E-state index is 0.0525. The molecule has 80 valence electrons. The summed E-state index contributed by atoms with van der Waals surface area (Å²) < 4.78 is 38.0. The Morgan fingerprint density at radius 2 is 1.73 bits per heavy atom. The number of rotatable bonds is 2. The second kappa shape index (κ2) is 3.56. The maximum Gasteiger partial charge on any atom is 0.227 e. The Bertz CT molecular complexity index is 392. The average molecular weight is 215 g/mol. The van der Waals surface area contributed by atoms with E-state index in [1.165, 1.54) is 0 Å². The van der Waals surface area contributed by atoms with Crippen LogP contribution in [0, 0.1) is 23.4 Å². The minimum atomic E-state index is -1.53. The van der Waals surface area contributed by atoms with Crippen LogP contribution in [0.3, 0.4) is 0 Å². The van der Waals surface area contributed by atoms with Crippen molar-refractivity contribution >= 4 is 11.6 Å². The van der Waals surface area contributed by atoms with Crippen LogP contribution in [-0.2, 0) is 4.79 Å². The van der Waals surface area contributed by atoms with Crippen LogP contribution in [-0.4, -0.2) is 5.91 Å². The van der Waals surface area contributed by atoms with Gasteiger partial charge >= 0.3 is 0 Å². The van der Waals surface area contributed by atoms with Gasteiger partial charge in [0, 0.05) is 23.7 Å². The topological polar surface area (TPSA) is 29.1 Å². The van der Waals surface area contributed by atoms with Gasteiger partial charge in [0.15, 0.2) is 17.5 Å². The molecule has 0 atom stereocenters. The normalized spacial score (nSPS) is 15.1. The van der Waals surface area contributed by atoms with Crippen LogP contribution in [0.4, 0.5) is 18.9 Å². The predicted molar refractivity (Wildman–Crippen MR) is 47.7 cm³/mol. The molecule has 1 amide bonds. The molecular formula is C10H8F3NO. The first-order valence-corrected chi connectivity index (χ1v) is 4.53. The largest absolute Gasteiger partial charge is 0.326 e. The predicted octanol–water partition coefficient (Wildman–Crippen LogP) is 2.45. The lowest BCUT2D eigenvalue weighted by Crippen LogP contribution is -2.13. The number of halogens is 3. The van der Waals surface area contributed by atoms with Crippen molar-refractivity contribution in [1.82, 2.24) is 0 Å². The van der Waals surface area contributed by atoms with Crippen LogP contribution in [0.1, 0.15) is 12.8 Å². The first kappa shape index (κ1) is 10.0. The molecule has 0 bridgehead atoms. The Hall–Kier alpha value is -1.52. The summed E-state index contributed by atoms with van der Waals surface area (Å²) in [5, 5.41) is 2.33. The Kier molecular flexibility index (Phi) is 2.38. The van der Waals surface area contributed by atoms with Crippen molar-refractivity contribution in [3.63, 3.8) is 0 Å². The van der Waals surface area contributed by atoms with Gasteiger partial charge in [-0.3, -0.25) is 4.79 Å². The number of carbonyl (C=O) groups is 1. The summed E-state index contributed by atoms with van der Waals surface area (Å²) in [5.74, 6) is -4.48. The average Bonchev–Trinajstić information content (AvgIpc) is 2.96. The summed E-state index contributed by atoms with van der Waals surface area (Å²) in [6.45, 7) is 0. The molecule has 2 nitrogen and oxygen atoms in total. The van der Waals surface area contributed by atoms with Crippen LogP contribution in [0.2, 0.25) is 0 Å². The van der Waals surface area contributed by atoms with Crippen molar-refractivity contribution in [2.24, 2.45) is 5.92 Å². The van der Waals surface area contributed by atoms with Gasteiger partial charge in [0.2, 0.25) is 5.91 Å². The number of benzene rings is 1. The highest BCUT2D eigenvalue weighted by Crippen LogP contribution is 2.30. The molecule has 0 saturated heterocycles. The third-order valence-corrected chi connectivity index (χ3v) is 2.20. The number of carbonyl (C=O) groups excluding carboxylic acids is 1. The molecule has 0 unspecified atom stereocenters. The van der Waals surface area contributed by atoms with E-state index >= 15 is 0 Å². The smallest absolute Gasteiger partial charge is 0.227 e. The van der Waals surface area contributed by atoms with Crippen molar-refractivity contribution < 1.29 is 18.0 Å². The molecule has 1 saturated carbocycles. The lowest BCUT2D eigenvalue weighted by atomic mass is 10.2. The lowest BCUT2D eigenvalue weighted by molar-refractivity contribution is -0.117. The molecule has 1 aromatic rings. The maximum atomic E-state index is 12.7. The van der Waals surface area contributed by atoms with E-state index in [9.17, 15) is 18.0 Å². The summed E-state index contributed by atoms with van der Waals surface area (Å²) >= 11 is 0. The van der Waals surface area contributed by atoms with Crippen LogP contribution in [0.25, 0.3) is 0 Å². The van der Waals surface area contributed by atoms with Crippen molar-refractivity contribution in [3.05, 3.63) is 29.6 Å². The number of hydrogen-bond acceptors (Lipinski definition) is 1. The van der Waals surface area contributed by atoms with E-state index in [0.29, 0.717) is 0 Å². The van der Waals surface area contributed by atoms with Gasteiger partial charge in [-0.15, -0.1) is 0 Å². The second-order valence-corrected chi connectivity index (χ2v) is 3.52. The molecule has 0 spiro atoms. The van der Waals surface area contributed by atoms with Gasteiger partial charge in [-0.25, -0.2) is 13.2 Å². The molecule has 1 fully saturated rings. The van der Waals surface area contributed by atoms with Gasteiger partial charge in [0.1, 0.15) is 0 Å². The summed E-state index contributed by atoms with van der Waals surface area (Å²) in [5.41, 5.74) is -0.0525. The van der Waals surface area contributed by atoms with Gasteiger partial charge in [0.05, 0.1) is 0 Å². The standard InChI is InChI=1S/C10H8F3NO/c11-7-3-6(4-8(12)9(7)13)14-10(15)5-1-2-5/h3-5H,1-2H2,(H,14,15).